The minimum Gasteiger partial charge on any atom is -0.494 e. The Hall–Kier alpha value is -3.01. The maximum atomic E-state index is 12.4. The van der Waals surface area contributed by atoms with E-state index >= 15 is 0 Å². The predicted octanol–water partition coefficient (Wildman–Crippen LogP) is 5.69. The van der Waals surface area contributed by atoms with Gasteiger partial charge in [0.15, 0.2) is 0 Å². The number of nitrogens with one attached hydrogen (secondary N) is 1. The molecule has 1 heterocycles. The van der Waals surface area contributed by atoms with Crippen molar-refractivity contribution in [2.45, 2.75) is 32.6 Å². The molecule has 0 aliphatic rings. The van der Waals surface area contributed by atoms with E-state index in [0.29, 0.717) is 5.56 Å². The third kappa shape index (κ3) is 5.48. The number of benzene rings is 2. The smallest absolute Gasteiger partial charge is 0.255 e. The van der Waals surface area contributed by atoms with Gasteiger partial charge in [0.2, 0.25) is 0 Å². The van der Waals surface area contributed by atoms with Crippen LogP contribution >= 0.6 is 0 Å². The third-order valence-corrected chi connectivity index (χ3v) is 4.41. The molecule has 1 aromatic heterocycles. The molecule has 0 unspecified atom stereocenters. The van der Waals surface area contributed by atoms with Gasteiger partial charge < -0.3 is 14.6 Å². The fraction of sp³-hybridized carbons (Fsp3) is 0.261. The van der Waals surface area contributed by atoms with Gasteiger partial charge in [-0.1, -0.05) is 26.2 Å². The van der Waals surface area contributed by atoms with Crippen LogP contribution in [0, 0.1) is 0 Å². The molecule has 0 aliphatic carbocycles. The molecule has 0 spiro atoms. The molecule has 0 atom stereocenters. The van der Waals surface area contributed by atoms with Crippen LogP contribution in [-0.2, 0) is 0 Å². The summed E-state index contributed by atoms with van der Waals surface area (Å²) in [6.45, 7) is 2.93. The summed E-state index contributed by atoms with van der Waals surface area (Å²) in [5.74, 6) is 0.711. The number of carbonyl (C=O) groups is 1. The van der Waals surface area contributed by atoms with Gasteiger partial charge in [0.1, 0.15) is 5.75 Å². The summed E-state index contributed by atoms with van der Waals surface area (Å²) in [5, 5.41) is 2.92. The molecule has 0 aliphatic heterocycles. The summed E-state index contributed by atoms with van der Waals surface area (Å²) in [7, 11) is 0. The first kappa shape index (κ1) is 18.8. The molecule has 27 heavy (non-hydrogen) atoms. The summed E-state index contributed by atoms with van der Waals surface area (Å²) >= 11 is 0. The maximum Gasteiger partial charge on any atom is 0.255 e. The van der Waals surface area contributed by atoms with Gasteiger partial charge in [-0.15, -0.1) is 0 Å². The monoisotopic (exact) mass is 362 g/mol. The van der Waals surface area contributed by atoms with Crippen LogP contribution in [0.1, 0.15) is 43.0 Å². The van der Waals surface area contributed by atoms with E-state index < -0.39 is 0 Å². The van der Waals surface area contributed by atoms with Gasteiger partial charge in [-0.25, -0.2) is 0 Å². The fourth-order valence-electron chi connectivity index (χ4n) is 2.85. The molecule has 0 radical (unpaired) electrons. The zero-order chi connectivity index (χ0) is 18.9. The zero-order valence-electron chi connectivity index (χ0n) is 15.7. The van der Waals surface area contributed by atoms with Crippen LogP contribution in [0.15, 0.2) is 73.1 Å². The molecule has 4 heteroatoms. The first-order chi connectivity index (χ1) is 13.3. The number of ether oxygens (including phenoxy) is 1. The third-order valence-electron chi connectivity index (χ3n) is 4.41. The van der Waals surface area contributed by atoms with Crippen molar-refractivity contribution in [3.05, 3.63) is 78.6 Å². The summed E-state index contributed by atoms with van der Waals surface area (Å²) in [6.07, 6.45) is 8.70. The largest absolute Gasteiger partial charge is 0.494 e. The highest BCUT2D eigenvalue weighted by Crippen LogP contribution is 2.18. The van der Waals surface area contributed by atoms with Crippen molar-refractivity contribution in [2.24, 2.45) is 0 Å². The van der Waals surface area contributed by atoms with Crippen molar-refractivity contribution in [2.75, 3.05) is 11.9 Å². The summed E-state index contributed by atoms with van der Waals surface area (Å²) in [4.78, 5) is 12.4. The van der Waals surface area contributed by atoms with Crippen LogP contribution in [0.2, 0.25) is 0 Å². The molecule has 3 aromatic rings. The van der Waals surface area contributed by atoms with Crippen LogP contribution in [0.3, 0.4) is 0 Å². The second-order valence-electron chi connectivity index (χ2n) is 6.52. The molecule has 4 nitrogen and oxygen atoms in total. The molecule has 3 rings (SSSR count). The van der Waals surface area contributed by atoms with Gasteiger partial charge in [-0.2, -0.15) is 0 Å². The van der Waals surface area contributed by atoms with Crippen LogP contribution in [-0.4, -0.2) is 17.1 Å². The van der Waals surface area contributed by atoms with Crippen molar-refractivity contribution in [1.82, 2.24) is 4.57 Å². The van der Waals surface area contributed by atoms with Crippen molar-refractivity contribution in [3.63, 3.8) is 0 Å². The van der Waals surface area contributed by atoms with E-state index in [0.717, 1.165) is 30.2 Å². The number of nitrogens with zero attached hydrogens (tertiary/aromatic N) is 1. The second kappa shape index (κ2) is 9.62. The van der Waals surface area contributed by atoms with E-state index in [1.54, 1.807) is 0 Å². The molecular formula is C23H26N2O2. The Morgan fingerprint density at radius 1 is 0.926 bits per heavy atom. The Morgan fingerprint density at radius 2 is 1.63 bits per heavy atom. The highest BCUT2D eigenvalue weighted by Gasteiger charge is 2.06. The van der Waals surface area contributed by atoms with Gasteiger partial charge >= 0.3 is 0 Å². The van der Waals surface area contributed by atoms with Gasteiger partial charge in [-0.3, -0.25) is 4.79 Å². The van der Waals surface area contributed by atoms with E-state index in [2.05, 4.69) is 12.2 Å². The van der Waals surface area contributed by atoms with Crippen molar-refractivity contribution in [3.8, 4) is 11.4 Å². The molecule has 140 valence electrons. The minimum atomic E-state index is -0.123. The van der Waals surface area contributed by atoms with Crippen LogP contribution in [0.25, 0.3) is 5.69 Å². The average Bonchev–Trinajstić information content (AvgIpc) is 3.24. The van der Waals surface area contributed by atoms with Crippen molar-refractivity contribution in [1.29, 1.82) is 0 Å². The van der Waals surface area contributed by atoms with Crippen molar-refractivity contribution < 1.29 is 9.53 Å². The second-order valence-corrected chi connectivity index (χ2v) is 6.52. The Bertz CT molecular complexity index is 822. The highest BCUT2D eigenvalue weighted by atomic mass is 16.5. The van der Waals surface area contributed by atoms with E-state index in [4.69, 9.17) is 4.74 Å². The van der Waals surface area contributed by atoms with E-state index in [-0.39, 0.29) is 5.91 Å². The minimum absolute atomic E-state index is 0.123. The van der Waals surface area contributed by atoms with E-state index in [1.807, 2.05) is 77.6 Å². The van der Waals surface area contributed by atoms with E-state index in [9.17, 15) is 4.79 Å². The number of amides is 1. The Morgan fingerprint density at radius 3 is 2.30 bits per heavy atom. The molecule has 1 N–H and O–H groups in total. The predicted molar refractivity (Wildman–Crippen MR) is 110 cm³/mol. The first-order valence-electron chi connectivity index (χ1n) is 9.54. The highest BCUT2D eigenvalue weighted by molar-refractivity contribution is 6.04. The number of rotatable bonds is 9. The lowest BCUT2D eigenvalue weighted by Gasteiger charge is -2.09. The Balaban J connectivity index is 1.51. The average molecular weight is 362 g/mol. The Kier molecular flexibility index (Phi) is 6.69. The van der Waals surface area contributed by atoms with Gasteiger partial charge in [0.05, 0.1) is 6.61 Å². The van der Waals surface area contributed by atoms with Crippen LogP contribution in [0.4, 0.5) is 5.69 Å². The molecule has 0 bridgehead atoms. The quantitative estimate of drug-likeness (QED) is 0.497. The lowest BCUT2D eigenvalue weighted by Crippen LogP contribution is -2.11. The standard InChI is InChI=1S/C23H26N2O2/c1-2-3-4-7-18-27-22-14-10-20(11-15-22)24-23(26)19-8-12-21(13-9-19)25-16-5-6-17-25/h5-6,8-17H,2-4,7,18H2,1H3,(H,24,26). The number of anilines is 1. The maximum absolute atomic E-state index is 12.4. The Labute approximate surface area is 160 Å². The summed E-state index contributed by atoms with van der Waals surface area (Å²) in [5.41, 5.74) is 2.41. The summed E-state index contributed by atoms with van der Waals surface area (Å²) in [6, 6.07) is 19.0. The van der Waals surface area contributed by atoms with Crippen LogP contribution < -0.4 is 10.1 Å². The number of carbonyl (C=O) groups excluding carboxylic acids is 1. The summed E-state index contributed by atoms with van der Waals surface area (Å²) < 4.78 is 7.73. The van der Waals surface area contributed by atoms with Crippen LogP contribution in [0.5, 0.6) is 5.75 Å². The molecule has 0 fully saturated rings. The molecule has 0 saturated carbocycles. The molecule has 1 amide bonds. The van der Waals surface area contributed by atoms with Gasteiger partial charge in [0, 0.05) is 29.3 Å². The lowest BCUT2D eigenvalue weighted by atomic mass is 10.2. The van der Waals surface area contributed by atoms with Gasteiger partial charge in [-0.05, 0) is 67.1 Å². The molecular weight excluding hydrogens is 336 g/mol. The van der Waals surface area contributed by atoms with Crippen molar-refractivity contribution >= 4 is 11.6 Å². The lowest BCUT2D eigenvalue weighted by molar-refractivity contribution is 0.102. The number of hydrogen-bond acceptors (Lipinski definition) is 2. The number of hydrogen-bond donors (Lipinski definition) is 1. The fourth-order valence-corrected chi connectivity index (χ4v) is 2.85. The zero-order valence-corrected chi connectivity index (χ0v) is 15.7. The van der Waals surface area contributed by atoms with Gasteiger partial charge in [0.25, 0.3) is 5.91 Å². The SMILES string of the molecule is CCCCCCOc1ccc(NC(=O)c2ccc(-n3cccc3)cc2)cc1. The van der Waals surface area contributed by atoms with E-state index in [1.165, 1.54) is 19.3 Å². The number of aromatic nitrogens is 1. The topological polar surface area (TPSA) is 43.3 Å². The molecule has 0 saturated heterocycles. The normalized spacial score (nSPS) is 10.6. The first-order valence-corrected chi connectivity index (χ1v) is 9.54. The molecule has 2 aromatic carbocycles. The number of unbranched alkanes of at least 4 members (excludes halogenated alkanes) is 3.